The summed E-state index contributed by atoms with van der Waals surface area (Å²) >= 11 is 0. The van der Waals surface area contributed by atoms with Crippen LogP contribution in [-0.4, -0.2) is 18.7 Å². The molecule has 210 valence electrons. The van der Waals surface area contributed by atoms with E-state index in [1.807, 2.05) is 6.20 Å². The highest BCUT2D eigenvalue weighted by molar-refractivity contribution is 6.12. The lowest BCUT2D eigenvalue weighted by Gasteiger charge is -2.12. The number of aromatic nitrogens is 4. The predicted octanol–water partition coefficient (Wildman–Crippen LogP) is 10.4. The smallest absolute Gasteiger partial charge is 0.139 e. The SMILES string of the molecule is c1ccc2c(c1)c1ccccc1n2-c1ccc2c(c1)c1ccccc1n2-c1ccnc(-n2c3ccccc3c3ccccc32)c1. The highest BCUT2D eigenvalue weighted by atomic mass is 15.1. The van der Waals surface area contributed by atoms with Crippen LogP contribution in [0.4, 0.5) is 0 Å². The van der Waals surface area contributed by atoms with Gasteiger partial charge in [-0.1, -0.05) is 91.0 Å². The molecular formula is C41H26N4. The second kappa shape index (κ2) is 9.18. The van der Waals surface area contributed by atoms with Gasteiger partial charge in [-0.05, 0) is 54.6 Å². The molecule has 10 rings (SSSR count). The van der Waals surface area contributed by atoms with E-state index in [1.54, 1.807) is 0 Å². The first-order valence-electron chi connectivity index (χ1n) is 15.3. The molecule has 10 aromatic rings. The molecule has 0 unspecified atom stereocenters. The zero-order valence-corrected chi connectivity index (χ0v) is 24.3. The van der Waals surface area contributed by atoms with Crippen LogP contribution in [0.2, 0.25) is 0 Å². The van der Waals surface area contributed by atoms with Gasteiger partial charge >= 0.3 is 0 Å². The number of pyridine rings is 1. The lowest BCUT2D eigenvalue weighted by atomic mass is 10.1. The molecule has 4 heterocycles. The Hall–Kier alpha value is -6.13. The van der Waals surface area contributed by atoms with Gasteiger partial charge in [-0.3, -0.25) is 4.57 Å². The lowest BCUT2D eigenvalue weighted by Crippen LogP contribution is -2.01. The third kappa shape index (κ3) is 3.39. The maximum atomic E-state index is 4.90. The summed E-state index contributed by atoms with van der Waals surface area (Å²) in [6.07, 6.45) is 1.93. The number of fused-ring (bicyclic) bond motifs is 9. The largest absolute Gasteiger partial charge is 0.309 e. The van der Waals surface area contributed by atoms with Crippen molar-refractivity contribution in [2.45, 2.75) is 0 Å². The summed E-state index contributed by atoms with van der Waals surface area (Å²) in [5, 5.41) is 7.45. The molecule has 0 radical (unpaired) electrons. The van der Waals surface area contributed by atoms with Crippen molar-refractivity contribution < 1.29 is 0 Å². The molecule has 0 N–H and O–H groups in total. The molecule has 0 fully saturated rings. The van der Waals surface area contributed by atoms with Crippen molar-refractivity contribution in [3.63, 3.8) is 0 Å². The van der Waals surface area contributed by atoms with Crippen molar-refractivity contribution in [2.75, 3.05) is 0 Å². The molecule has 0 aliphatic heterocycles. The van der Waals surface area contributed by atoms with Crippen molar-refractivity contribution >= 4 is 65.4 Å². The van der Waals surface area contributed by atoms with Gasteiger partial charge in [0.05, 0.1) is 38.8 Å². The van der Waals surface area contributed by atoms with Crippen molar-refractivity contribution in [3.8, 4) is 17.2 Å². The monoisotopic (exact) mass is 574 g/mol. The van der Waals surface area contributed by atoms with Crippen LogP contribution in [0.25, 0.3) is 82.6 Å². The van der Waals surface area contributed by atoms with Crippen LogP contribution in [0, 0.1) is 0 Å². The first-order valence-corrected chi connectivity index (χ1v) is 15.3. The van der Waals surface area contributed by atoms with Crippen molar-refractivity contribution in [1.82, 2.24) is 18.7 Å². The number of benzene rings is 6. The van der Waals surface area contributed by atoms with Gasteiger partial charge < -0.3 is 9.13 Å². The maximum Gasteiger partial charge on any atom is 0.139 e. The molecular weight excluding hydrogens is 548 g/mol. The molecule has 0 bridgehead atoms. The third-order valence-corrected chi connectivity index (χ3v) is 9.29. The van der Waals surface area contributed by atoms with E-state index in [1.165, 1.54) is 54.4 Å². The van der Waals surface area contributed by atoms with E-state index in [4.69, 9.17) is 4.98 Å². The van der Waals surface area contributed by atoms with E-state index in [-0.39, 0.29) is 0 Å². The summed E-state index contributed by atoms with van der Waals surface area (Å²) in [5.74, 6) is 0.901. The van der Waals surface area contributed by atoms with Crippen LogP contribution < -0.4 is 0 Å². The van der Waals surface area contributed by atoms with Gasteiger partial charge in [0.15, 0.2) is 0 Å². The van der Waals surface area contributed by atoms with Crippen LogP contribution in [0.5, 0.6) is 0 Å². The average molecular weight is 575 g/mol. The summed E-state index contributed by atoms with van der Waals surface area (Å²) in [7, 11) is 0. The Balaban J connectivity index is 1.22. The van der Waals surface area contributed by atoms with Gasteiger partial charge in [0, 0.05) is 50.3 Å². The first kappa shape index (κ1) is 24.3. The van der Waals surface area contributed by atoms with E-state index < -0.39 is 0 Å². The van der Waals surface area contributed by atoms with E-state index in [2.05, 4.69) is 165 Å². The molecule has 4 aromatic heterocycles. The first-order chi connectivity index (χ1) is 22.3. The Morgan fingerprint density at radius 2 is 0.689 bits per heavy atom. The fraction of sp³-hybridized carbons (Fsp3) is 0. The Bertz CT molecular complexity index is 2670. The average Bonchev–Trinajstić information content (AvgIpc) is 3.74. The predicted molar refractivity (Wildman–Crippen MR) is 187 cm³/mol. The van der Waals surface area contributed by atoms with Gasteiger partial charge in [-0.15, -0.1) is 0 Å². The number of hydrogen-bond acceptors (Lipinski definition) is 1. The molecule has 0 saturated carbocycles. The maximum absolute atomic E-state index is 4.90. The van der Waals surface area contributed by atoms with Crippen LogP contribution in [0.1, 0.15) is 0 Å². The van der Waals surface area contributed by atoms with E-state index in [0.29, 0.717) is 0 Å². The Morgan fingerprint density at radius 3 is 1.18 bits per heavy atom. The Morgan fingerprint density at radius 1 is 0.311 bits per heavy atom. The lowest BCUT2D eigenvalue weighted by molar-refractivity contribution is 1.06. The number of para-hydroxylation sites is 5. The molecule has 0 amide bonds. The number of nitrogens with zero attached hydrogens (tertiary/aromatic N) is 4. The minimum absolute atomic E-state index is 0.901. The standard InChI is InChI=1S/C41H26N4/c1-6-16-35-29(11-1)30-12-2-7-17-36(30)43(35)27-21-22-40-34(25-27)33-15-5-8-18-37(33)44(40)28-23-24-42-41(26-28)45-38-19-9-3-13-31(38)32-14-4-10-20-39(32)45/h1-26H. The summed E-state index contributed by atoms with van der Waals surface area (Å²) in [4.78, 5) is 4.90. The van der Waals surface area contributed by atoms with Gasteiger partial charge in [0.1, 0.15) is 5.82 Å². The fourth-order valence-corrected chi connectivity index (χ4v) is 7.42. The molecule has 0 aliphatic carbocycles. The molecule has 0 spiro atoms. The normalized spacial score (nSPS) is 12.0. The minimum atomic E-state index is 0.901. The van der Waals surface area contributed by atoms with Crippen LogP contribution in [0.15, 0.2) is 158 Å². The molecule has 4 heteroatoms. The summed E-state index contributed by atoms with van der Waals surface area (Å²) in [6, 6.07) is 54.5. The second-order valence-corrected chi connectivity index (χ2v) is 11.7. The van der Waals surface area contributed by atoms with E-state index in [9.17, 15) is 0 Å². The van der Waals surface area contributed by atoms with Crippen LogP contribution in [-0.2, 0) is 0 Å². The van der Waals surface area contributed by atoms with Crippen molar-refractivity contribution in [3.05, 3.63) is 158 Å². The molecule has 6 aromatic carbocycles. The Labute approximate surface area is 258 Å². The number of hydrogen-bond donors (Lipinski definition) is 0. The second-order valence-electron chi connectivity index (χ2n) is 11.7. The fourth-order valence-electron chi connectivity index (χ4n) is 7.42. The quantitative estimate of drug-likeness (QED) is 0.206. The zero-order valence-electron chi connectivity index (χ0n) is 24.3. The van der Waals surface area contributed by atoms with E-state index >= 15 is 0 Å². The molecule has 45 heavy (non-hydrogen) atoms. The molecule has 0 saturated heterocycles. The minimum Gasteiger partial charge on any atom is -0.309 e. The highest BCUT2D eigenvalue weighted by Crippen LogP contribution is 2.37. The van der Waals surface area contributed by atoms with Crippen molar-refractivity contribution in [1.29, 1.82) is 0 Å². The molecule has 4 nitrogen and oxygen atoms in total. The zero-order chi connectivity index (χ0) is 29.5. The molecule has 0 aliphatic rings. The van der Waals surface area contributed by atoms with Gasteiger partial charge in [-0.2, -0.15) is 0 Å². The number of rotatable bonds is 3. The van der Waals surface area contributed by atoms with Gasteiger partial charge in [-0.25, -0.2) is 4.98 Å². The van der Waals surface area contributed by atoms with Gasteiger partial charge in [0.25, 0.3) is 0 Å². The van der Waals surface area contributed by atoms with Gasteiger partial charge in [0.2, 0.25) is 0 Å². The Kier molecular flexibility index (Phi) is 4.96. The van der Waals surface area contributed by atoms with E-state index in [0.717, 1.165) is 28.2 Å². The summed E-state index contributed by atoms with van der Waals surface area (Å²) in [6.45, 7) is 0. The summed E-state index contributed by atoms with van der Waals surface area (Å²) < 4.78 is 7.05. The van der Waals surface area contributed by atoms with Crippen molar-refractivity contribution in [2.24, 2.45) is 0 Å². The third-order valence-electron chi connectivity index (χ3n) is 9.29. The summed E-state index contributed by atoms with van der Waals surface area (Å²) in [5.41, 5.74) is 9.31. The van der Waals surface area contributed by atoms with Crippen LogP contribution >= 0.6 is 0 Å². The topological polar surface area (TPSA) is 27.7 Å². The highest BCUT2D eigenvalue weighted by Gasteiger charge is 2.18. The van der Waals surface area contributed by atoms with Crippen LogP contribution in [0.3, 0.4) is 0 Å². The molecule has 0 atom stereocenters.